The number of carbonyl (C=O) groups excluding carboxylic acids is 1. The van der Waals surface area contributed by atoms with E-state index in [2.05, 4.69) is 4.98 Å². The fraction of sp³-hybridized carbons (Fsp3) is 0.310. The van der Waals surface area contributed by atoms with Crippen LogP contribution in [0.4, 0.5) is 0 Å². The minimum absolute atomic E-state index is 0.00878. The highest BCUT2D eigenvalue weighted by Crippen LogP contribution is 2.23. The zero-order valence-corrected chi connectivity index (χ0v) is 22.9. The number of hydrogen-bond donors (Lipinski definition) is 0. The highest BCUT2D eigenvalue weighted by molar-refractivity contribution is 7.90. The van der Waals surface area contributed by atoms with Gasteiger partial charge in [-0.15, -0.1) is 0 Å². The maximum absolute atomic E-state index is 13.6. The predicted molar refractivity (Wildman–Crippen MR) is 144 cm³/mol. The monoisotopic (exact) mass is 535 g/mol. The second-order valence-electron chi connectivity index (χ2n) is 9.76. The molecule has 0 aliphatic rings. The first-order valence-corrected chi connectivity index (χ1v) is 14.1. The van der Waals surface area contributed by atoms with Crippen LogP contribution in [0.25, 0.3) is 0 Å². The lowest BCUT2D eigenvalue weighted by Crippen LogP contribution is -2.31. The van der Waals surface area contributed by atoms with Gasteiger partial charge >= 0.3 is 0 Å². The number of sulfone groups is 1. The van der Waals surface area contributed by atoms with E-state index in [-0.39, 0.29) is 35.8 Å². The number of furan rings is 1. The van der Waals surface area contributed by atoms with Crippen LogP contribution < -0.4 is 4.74 Å². The van der Waals surface area contributed by atoms with E-state index in [9.17, 15) is 13.2 Å². The molecular formula is C29H33N3O5S. The first-order valence-electron chi connectivity index (χ1n) is 12.4. The van der Waals surface area contributed by atoms with Crippen molar-refractivity contribution in [2.75, 3.05) is 7.11 Å². The van der Waals surface area contributed by atoms with E-state index in [4.69, 9.17) is 9.15 Å². The second kappa shape index (κ2) is 11.7. The number of aromatic nitrogens is 2. The largest absolute Gasteiger partial charge is 0.497 e. The molecule has 1 amide bonds. The standard InChI is InChI=1S/C29H33N3O5S/c1-21(2)17-32-25(16-30-29(32)38(34,35)20-23-9-5-8-22(3)14-23)18-31(19-27-12-7-13-37-27)28(33)24-10-6-11-26(15-24)36-4/h5-16,21H,17-20H2,1-4H3. The summed E-state index contributed by atoms with van der Waals surface area (Å²) in [4.78, 5) is 19.6. The predicted octanol–water partition coefficient (Wildman–Crippen LogP) is 5.27. The number of imidazole rings is 1. The van der Waals surface area contributed by atoms with Gasteiger partial charge in [-0.25, -0.2) is 13.4 Å². The normalized spacial score (nSPS) is 11.6. The SMILES string of the molecule is COc1cccc(C(=O)N(Cc2ccco2)Cc2cnc(S(=O)(=O)Cc3cccc(C)c3)n2CC(C)C)c1. The van der Waals surface area contributed by atoms with Crippen molar-refractivity contribution in [3.8, 4) is 5.75 Å². The fourth-order valence-corrected chi connectivity index (χ4v) is 5.83. The molecule has 9 heteroatoms. The van der Waals surface area contributed by atoms with Gasteiger partial charge in [0.1, 0.15) is 11.5 Å². The summed E-state index contributed by atoms with van der Waals surface area (Å²) in [6.07, 6.45) is 3.11. The van der Waals surface area contributed by atoms with Gasteiger partial charge in [-0.05, 0) is 48.7 Å². The van der Waals surface area contributed by atoms with Gasteiger partial charge in [0.25, 0.3) is 5.91 Å². The smallest absolute Gasteiger partial charge is 0.254 e. The summed E-state index contributed by atoms with van der Waals surface area (Å²) in [6, 6.07) is 18.0. The summed E-state index contributed by atoms with van der Waals surface area (Å²) < 4.78 is 39.6. The molecule has 200 valence electrons. The van der Waals surface area contributed by atoms with Gasteiger partial charge in [-0.1, -0.05) is 49.7 Å². The topological polar surface area (TPSA) is 94.6 Å². The number of amides is 1. The molecule has 4 aromatic rings. The van der Waals surface area contributed by atoms with Crippen molar-refractivity contribution in [1.82, 2.24) is 14.5 Å². The van der Waals surface area contributed by atoms with Crippen LogP contribution >= 0.6 is 0 Å². The van der Waals surface area contributed by atoms with Gasteiger partial charge in [0.15, 0.2) is 0 Å². The number of carbonyl (C=O) groups is 1. The van der Waals surface area contributed by atoms with E-state index in [1.165, 1.54) is 0 Å². The number of aryl methyl sites for hydroxylation is 1. The van der Waals surface area contributed by atoms with Gasteiger partial charge < -0.3 is 18.6 Å². The summed E-state index contributed by atoms with van der Waals surface area (Å²) in [5.41, 5.74) is 2.79. The highest BCUT2D eigenvalue weighted by Gasteiger charge is 2.27. The Labute approximate surface area is 223 Å². The number of ether oxygens (including phenoxy) is 1. The molecule has 2 aromatic heterocycles. The molecule has 0 aliphatic carbocycles. The maximum Gasteiger partial charge on any atom is 0.254 e. The molecule has 0 spiro atoms. The van der Waals surface area contributed by atoms with Crippen molar-refractivity contribution in [1.29, 1.82) is 0 Å². The molecule has 0 saturated carbocycles. The van der Waals surface area contributed by atoms with E-state index in [0.29, 0.717) is 34.9 Å². The van der Waals surface area contributed by atoms with Gasteiger partial charge in [-0.2, -0.15) is 0 Å². The van der Waals surface area contributed by atoms with Gasteiger partial charge in [0.05, 0.1) is 44.1 Å². The van der Waals surface area contributed by atoms with Crippen LogP contribution in [0.15, 0.2) is 82.7 Å². The third-order valence-electron chi connectivity index (χ3n) is 6.05. The molecule has 0 N–H and O–H groups in total. The minimum Gasteiger partial charge on any atom is -0.497 e. The summed E-state index contributed by atoms with van der Waals surface area (Å²) in [5, 5.41) is 0.00878. The Morgan fingerprint density at radius 3 is 2.55 bits per heavy atom. The minimum atomic E-state index is -3.74. The van der Waals surface area contributed by atoms with Crippen LogP contribution in [0.2, 0.25) is 0 Å². The lowest BCUT2D eigenvalue weighted by Gasteiger charge is -2.23. The van der Waals surface area contributed by atoms with Gasteiger partial charge in [-0.3, -0.25) is 4.79 Å². The quantitative estimate of drug-likeness (QED) is 0.260. The van der Waals surface area contributed by atoms with Crippen LogP contribution in [0, 0.1) is 12.8 Å². The molecule has 0 radical (unpaired) electrons. The Kier molecular flexibility index (Phi) is 8.36. The van der Waals surface area contributed by atoms with Crippen LogP contribution in [-0.4, -0.2) is 35.9 Å². The molecular weight excluding hydrogens is 502 g/mol. The van der Waals surface area contributed by atoms with Gasteiger partial charge in [0.2, 0.25) is 15.0 Å². The van der Waals surface area contributed by atoms with E-state index in [0.717, 1.165) is 5.56 Å². The third-order valence-corrected chi connectivity index (χ3v) is 7.65. The molecule has 0 saturated heterocycles. The molecule has 4 rings (SSSR count). The Bertz CT molecular complexity index is 1490. The zero-order valence-electron chi connectivity index (χ0n) is 22.1. The Morgan fingerprint density at radius 2 is 1.87 bits per heavy atom. The number of methoxy groups -OCH3 is 1. The average molecular weight is 536 g/mol. The molecule has 0 atom stereocenters. The van der Waals surface area contributed by atoms with Crippen molar-refractivity contribution in [2.24, 2.45) is 5.92 Å². The van der Waals surface area contributed by atoms with Crippen molar-refractivity contribution in [2.45, 2.75) is 51.3 Å². The van der Waals surface area contributed by atoms with E-state index < -0.39 is 9.84 Å². The second-order valence-corrected chi connectivity index (χ2v) is 11.6. The molecule has 0 fully saturated rings. The zero-order chi connectivity index (χ0) is 27.3. The summed E-state index contributed by atoms with van der Waals surface area (Å²) >= 11 is 0. The lowest BCUT2D eigenvalue weighted by atomic mass is 10.1. The molecule has 0 bridgehead atoms. The van der Waals surface area contributed by atoms with E-state index >= 15 is 0 Å². The lowest BCUT2D eigenvalue weighted by molar-refractivity contribution is 0.0712. The highest BCUT2D eigenvalue weighted by atomic mass is 32.2. The average Bonchev–Trinajstić information content (AvgIpc) is 3.53. The number of benzene rings is 2. The van der Waals surface area contributed by atoms with Crippen LogP contribution in [-0.2, 0) is 35.2 Å². The van der Waals surface area contributed by atoms with E-state index in [1.807, 2.05) is 39.0 Å². The van der Waals surface area contributed by atoms with Crippen molar-refractivity contribution in [3.05, 3.63) is 101 Å². The molecule has 0 unspecified atom stereocenters. The Hall–Kier alpha value is -3.85. The maximum atomic E-state index is 13.6. The van der Waals surface area contributed by atoms with Crippen LogP contribution in [0.3, 0.4) is 0 Å². The summed E-state index contributed by atoms with van der Waals surface area (Å²) in [5.74, 6) is 0.958. The van der Waals surface area contributed by atoms with Gasteiger partial charge in [0, 0.05) is 12.1 Å². The van der Waals surface area contributed by atoms with E-state index in [1.54, 1.807) is 71.5 Å². The van der Waals surface area contributed by atoms with Crippen molar-refractivity contribution < 1.29 is 22.4 Å². The number of rotatable bonds is 11. The van der Waals surface area contributed by atoms with Crippen LogP contribution in [0.5, 0.6) is 5.75 Å². The summed E-state index contributed by atoms with van der Waals surface area (Å²) in [6.45, 7) is 6.77. The number of hydrogen-bond acceptors (Lipinski definition) is 6. The Morgan fingerprint density at radius 1 is 1.08 bits per heavy atom. The first kappa shape index (κ1) is 27.2. The summed E-state index contributed by atoms with van der Waals surface area (Å²) in [7, 11) is -2.19. The van der Waals surface area contributed by atoms with Crippen molar-refractivity contribution in [3.63, 3.8) is 0 Å². The molecule has 0 aliphatic heterocycles. The Balaban J connectivity index is 1.70. The van der Waals surface area contributed by atoms with Crippen LogP contribution in [0.1, 0.15) is 46.8 Å². The molecule has 38 heavy (non-hydrogen) atoms. The molecule has 8 nitrogen and oxygen atoms in total. The molecule has 2 aromatic carbocycles. The van der Waals surface area contributed by atoms with Crippen molar-refractivity contribution >= 4 is 15.7 Å². The molecule has 2 heterocycles. The first-order chi connectivity index (χ1) is 18.2. The third kappa shape index (κ3) is 6.52. The fourth-order valence-electron chi connectivity index (χ4n) is 4.34. The number of nitrogens with zero attached hydrogens (tertiary/aromatic N) is 3.